The van der Waals surface area contributed by atoms with Gasteiger partial charge in [0.05, 0.1) is 6.54 Å². The number of aryl methyl sites for hydroxylation is 1. The van der Waals surface area contributed by atoms with E-state index in [9.17, 15) is 9.59 Å². The lowest BCUT2D eigenvalue weighted by molar-refractivity contribution is -0.121. The van der Waals surface area contributed by atoms with E-state index in [2.05, 4.69) is 26.6 Å². The van der Waals surface area contributed by atoms with Gasteiger partial charge in [0.1, 0.15) is 0 Å². The van der Waals surface area contributed by atoms with E-state index in [4.69, 9.17) is 0 Å². The third-order valence-corrected chi connectivity index (χ3v) is 3.61. The molecule has 2 amide bonds. The summed E-state index contributed by atoms with van der Waals surface area (Å²) in [5, 5.41) is 5.32. The Morgan fingerprint density at radius 2 is 1.87 bits per heavy atom. The molecule has 5 heteroatoms. The highest BCUT2D eigenvalue weighted by Crippen LogP contribution is 2.19. The smallest absolute Gasteiger partial charge is 0.244 e. The van der Waals surface area contributed by atoms with Gasteiger partial charge in [-0.3, -0.25) is 9.59 Å². The van der Waals surface area contributed by atoms with Crippen LogP contribution in [0.4, 0.5) is 5.69 Å². The molecule has 2 rings (SSSR count). The van der Waals surface area contributed by atoms with E-state index in [1.165, 1.54) is 6.08 Å². The fourth-order valence-electron chi connectivity index (χ4n) is 1.92. The Labute approximate surface area is 143 Å². The van der Waals surface area contributed by atoms with E-state index in [0.717, 1.165) is 21.3 Å². The molecule has 23 heavy (non-hydrogen) atoms. The normalized spacial score (nSPS) is 10.5. The van der Waals surface area contributed by atoms with Crippen molar-refractivity contribution in [2.45, 2.75) is 6.92 Å². The van der Waals surface area contributed by atoms with Gasteiger partial charge < -0.3 is 10.6 Å². The second kappa shape index (κ2) is 8.29. The Hall–Kier alpha value is -2.40. The largest absolute Gasteiger partial charge is 0.343 e. The van der Waals surface area contributed by atoms with Gasteiger partial charge in [0.2, 0.25) is 11.8 Å². The SMILES string of the molecule is Cc1cc(Br)ccc1NC(=O)CNC(=O)/C=C/c1ccccc1. The van der Waals surface area contributed by atoms with Crippen molar-refractivity contribution in [3.63, 3.8) is 0 Å². The number of halogens is 1. The summed E-state index contributed by atoms with van der Waals surface area (Å²) < 4.78 is 0.951. The molecule has 0 fully saturated rings. The van der Waals surface area contributed by atoms with Gasteiger partial charge >= 0.3 is 0 Å². The maximum absolute atomic E-state index is 11.9. The second-order valence-corrected chi connectivity index (χ2v) is 5.88. The zero-order valence-electron chi connectivity index (χ0n) is 12.7. The Kier molecular flexibility index (Phi) is 6.11. The summed E-state index contributed by atoms with van der Waals surface area (Å²) in [6, 6.07) is 15.1. The third-order valence-electron chi connectivity index (χ3n) is 3.11. The predicted molar refractivity (Wildman–Crippen MR) is 96.0 cm³/mol. The van der Waals surface area contributed by atoms with E-state index in [0.29, 0.717) is 0 Å². The lowest BCUT2D eigenvalue weighted by Gasteiger charge is -2.09. The van der Waals surface area contributed by atoms with Crippen LogP contribution in [0.5, 0.6) is 0 Å². The number of carbonyl (C=O) groups excluding carboxylic acids is 2. The molecule has 0 spiro atoms. The molecule has 2 N–H and O–H groups in total. The number of anilines is 1. The molecule has 0 aliphatic carbocycles. The average molecular weight is 373 g/mol. The van der Waals surface area contributed by atoms with Crippen LogP contribution in [0, 0.1) is 6.92 Å². The van der Waals surface area contributed by atoms with Crippen molar-refractivity contribution in [1.82, 2.24) is 5.32 Å². The first-order valence-corrected chi connectivity index (χ1v) is 7.91. The first-order chi connectivity index (χ1) is 11.0. The fourth-order valence-corrected chi connectivity index (χ4v) is 2.40. The van der Waals surface area contributed by atoms with Crippen molar-refractivity contribution < 1.29 is 9.59 Å². The quantitative estimate of drug-likeness (QED) is 0.788. The number of amides is 2. The molecule has 0 aliphatic rings. The van der Waals surface area contributed by atoms with Gasteiger partial charge in [-0.05, 0) is 42.3 Å². The Morgan fingerprint density at radius 3 is 2.57 bits per heavy atom. The van der Waals surface area contributed by atoms with Crippen molar-refractivity contribution >= 4 is 39.5 Å². The number of benzene rings is 2. The summed E-state index contributed by atoms with van der Waals surface area (Å²) in [6.45, 7) is 1.83. The van der Waals surface area contributed by atoms with E-state index >= 15 is 0 Å². The van der Waals surface area contributed by atoms with Crippen molar-refractivity contribution in [1.29, 1.82) is 0 Å². The van der Waals surface area contributed by atoms with Crippen LogP contribution in [0.3, 0.4) is 0 Å². The Balaban J connectivity index is 1.82. The highest BCUT2D eigenvalue weighted by molar-refractivity contribution is 9.10. The molecule has 2 aromatic rings. The van der Waals surface area contributed by atoms with Gasteiger partial charge in [-0.2, -0.15) is 0 Å². The zero-order valence-corrected chi connectivity index (χ0v) is 14.3. The second-order valence-electron chi connectivity index (χ2n) is 4.97. The van der Waals surface area contributed by atoms with Gasteiger partial charge in [-0.15, -0.1) is 0 Å². The molecule has 0 saturated carbocycles. The molecule has 118 valence electrons. The minimum Gasteiger partial charge on any atom is -0.343 e. The molecular formula is C18H17BrN2O2. The third kappa shape index (κ3) is 5.71. The number of carbonyl (C=O) groups is 2. The molecular weight excluding hydrogens is 356 g/mol. The van der Waals surface area contributed by atoms with Crippen molar-refractivity contribution in [2.75, 3.05) is 11.9 Å². The average Bonchev–Trinajstić information content (AvgIpc) is 2.54. The van der Waals surface area contributed by atoms with Crippen LogP contribution < -0.4 is 10.6 Å². The monoisotopic (exact) mass is 372 g/mol. The molecule has 0 atom stereocenters. The van der Waals surface area contributed by atoms with Crippen LogP contribution in [0.15, 0.2) is 59.1 Å². The molecule has 0 aromatic heterocycles. The molecule has 2 aromatic carbocycles. The Morgan fingerprint density at radius 1 is 1.13 bits per heavy atom. The zero-order chi connectivity index (χ0) is 16.7. The standard InChI is InChI=1S/C18H17BrN2O2/c1-13-11-15(19)8-9-16(13)21-18(23)12-20-17(22)10-7-14-5-3-2-4-6-14/h2-11H,12H2,1H3,(H,20,22)(H,21,23)/b10-7+. The Bertz CT molecular complexity index is 727. The number of hydrogen-bond acceptors (Lipinski definition) is 2. The summed E-state index contributed by atoms with van der Waals surface area (Å²) in [6.07, 6.45) is 3.11. The first kappa shape index (κ1) is 17.0. The van der Waals surface area contributed by atoms with Gasteiger partial charge in [-0.25, -0.2) is 0 Å². The van der Waals surface area contributed by atoms with Gasteiger partial charge in [-0.1, -0.05) is 46.3 Å². The van der Waals surface area contributed by atoms with Gasteiger partial charge in [0.15, 0.2) is 0 Å². The lowest BCUT2D eigenvalue weighted by atomic mass is 10.2. The number of hydrogen-bond donors (Lipinski definition) is 2. The van der Waals surface area contributed by atoms with Crippen LogP contribution in [-0.4, -0.2) is 18.4 Å². The van der Waals surface area contributed by atoms with E-state index < -0.39 is 0 Å². The molecule has 0 saturated heterocycles. The predicted octanol–water partition coefficient (Wildman–Crippen LogP) is 3.53. The maximum Gasteiger partial charge on any atom is 0.244 e. The summed E-state index contributed by atoms with van der Waals surface area (Å²) in [5.41, 5.74) is 2.60. The summed E-state index contributed by atoms with van der Waals surface area (Å²) >= 11 is 3.37. The van der Waals surface area contributed by atoms with Crippen molar-refractivity contribution in [3.8, 4) is 0 Å². The van der Waals surface area contributed by atoms with Crippen LogP contribution in [0.1, 0.15) is 11.1 Å². The lowest BCUT2D eigenvalue weighted by Crippen LogP contribution is -2.31. The highest BCUT2D eigenvalue weighted by atomic mass is 79.9. The molecule has 0 aliphatic heterocycles. The highest BCUT2D eigenvalue weighted by Gasteiger charge is 2.06. The molecule has 0 unspecified atom stereocenters. The summed E-state index contributed by atoms with van der Waals surface area (Å²) in [4.78, 5) is 23.6. The molecule has 4 nitrogen and oxygen atoms in total. The van der Waals surface area contributed by atoms with E-state index in [-0.39, 0.29) is 18.4 Å². The van der Waals surface area contributed by atoms with Gasteiger partial charge in [0, 0.05) is 16.2 Å². The van der Waals surface area contributed by atoms with E-state index in [1.807, 2.05) is 55.5 Å². The van der Waals surface area contributed by atoms with Crippen LogP contribution >= 0.6 is 15.9 Å². The first-order valence-electron chi connectivity index (χ1n) is 7.11. The minimum absolute atomic E-state index is 0.0759. The maximum atomic E-state index is 11.9. The van der Waals surface area contributed by atoms with Crippen LogP contribution in [0.2, 0.25) is 0 Å². The van der Waals surface area contributed by atoms with Gasteiger partial charge in [0.25, 0.3) is 0 Å². The topological polar surface area (TPSA) is 58.2 Å². The minimum atomic E-state index is -0.309. The van der Waals surface area contributed by atoms with Crippen LogP contribution in [0.25, 0.3) is 6.08 Å². The molecule has 0 bridgehead atoms. The number of rotatable bonds is 5. The number of nitrogens with one attached hydrogen (secondary N) is 2. The fraction of sp³-hybridized carbons (Fsp3) is 0.111. The molecule has 0 radical (unpaired) electrons. The van der Waals surface area contributed by atoms with Crippen molar-refractivity contribution in [3.05, 3.63) is 70.2 Å². The van der Waals surface area contributed by atoms with E-state index in [1.54, 1.807) is 6.08 Å². The van der Waals surface area contributed by atoms with Crippen molar-refractivity contribution in [2.24, 2.45) is 0 Å². The summed E-state index contributed by atoms with van der Waals surface area (Å²) in [5.74, 6) is -0.576. The summed E-state index contributed by atoms with van der Waals surface area (Å²) in [7, 11) is 0. The molecule has 0 heterocycles. The van der Waals surface area contributed by atoms with Crippen LogP contribution in [-0.2, 0) is 9.59 Å².